The van der Waals surface area contributed by atoms with Gasteiger partial charge < -0.3 is 10.6 Å². The summed E-state index contributed by atoms with van der Waals surface area (Å²) in [6.07, 6.45) is 1.77. The molecule has 0 bridgehead atoms. The second-order valence-electron chi connectivity index (χ2n) is 4.34. The van der Waals surface area contributed by atoms with Crippen LogP contribution >= 0.6 is 0 Å². The van der Waals surface area contributed by atoms with Gasteiger partial charge in [0.2, 0.25) is 0 Å². The number of nitrogens with zero attached hydrogens (tertiary/aromatic N) is 3. The predicted octanol–water partition coefficient (Wildman–Crippen LogP) is 1.53. The number of hydrogen-bond acceptors (Lipinski definition) is 3. The van der Waals surface area contributed by atoms with Gasteiger partial charge in [-0.25, -0.2) is 0 Å². The van der Waals surface area contributed by atoms with Gasteiger partial charge in [-0.15, -0.1) is 0 Å². The van der Waals surface area contributed by atoms with Gasteiger partial charge in [-0.3, -0.25) is 4.68 Å². The molecule has 0 aliphatic carbocycles. The third-order valence-corrected chi connectivity index (χ3v) is 2.95. The van der Waals surface area contributed by atoms with Gasteiger partial charge in [-0.2, -0.15) is 5.10 Å². The molecular formula is C13H18N4. The lowest BCUT2D eigenvalue weighted by Crippen LogP contribution is -2.16. The Balaban J connectivity index is 2.26. The summed E-state index contributed by atoms with van der Waals surface area (Å²) in [4.78, 5) is 2.07. The largest absolute Gasteiger partial charge is 0.378 e. The summed E-state index contributed by atoms with van der Waals surface area (Å²) in [7, 11) is 5.95. The van der Waals surface area contributed by atoms with Crippen LogP contribution in [0, 0.1) is 0 Å². The summed E-state index contributed by atoms with van der Waals surface area (Å²) in [5.41, 5.74) is 9.50. The third-order valence-electron chi connectivity index (χ3n) is 2.95. The van der Waals surface area contributed by atoms with E-state index in [1.807, 2.05) is 31.9 Å². The first kappa shape index (κ1) is 11.7. The Morgan fingerprint density at radius 2 is 1.82 bits per heavy atom. The smallest absolute Gasteiger partial charge is 0.0723 e. The zero-order valence-corrected chi connectivity index (χ0v) is 10.5. The van der Waals surface area contributed by atoms with E-state index in [1.54, 1.807) is 6.20 Å². The Labute approximate surface area is 102 Å². The fourth-order valence-corrected chi connectivity index (χ4v) is 1.84. The number of hydrogen-bond donors (Lipinski definition) is 1. The summed E-state index contributed by atoms with van der Waals surface area (Å²) in [6, 6.07) is 10.1. The first-order valence-corrected chi connectivity index (χ1v) is 5.60. The minimum absolute atomic E-state index is 0.126. The Kier molecular flexibility index (Phi) is 3.15. The van der Waals surface area contributed by atoms with E-state index in [9.17, 15) is 0 Å². The van der Waals surface area contributed by atoms with Crippen LogP contribution in [-0.2, 0) is 7.05 Å². The molecule has 17 heavy (non-hydrogen) atoms. The van der Waals surface area contributed by atoms with Crippen LogP contribution in [0.4, 0.5) is 5.69 Å². The molecule has 1 heterocycles. The molecule has 0 radical (unpaired) electrons. The summed E-state index contributed by atoms with van der Waals surface area (Å²) in [6.45, 7) is 0. The van der Waals surface area contributed by atoms with Crippen LogP contribution in [0.1, 0.15) is 17.3 Å². The number of rotatable bonds is 3. The van der Waals surface area contributed by atoms with Crippen molar-refractivity contribution in [3.63, 3.8) is 0 Å². The maximum absolute atomic E-state index is 6.21. The molecule has 4 nitrogen and oxygen atoms in total. The monoisotopic (exact) mass is 230 g/mol. The normalized spacial score (nSPS) is 12.5. The van der Waals surface area contributed by atoms with Gasteiger partial charge in [0.05, 0.1) is 11.7 Å². The molecule has 1 unspecified atom stereocenters. The lowest BCUT2D eigenvalue weighted by Gasteiger charge is -2.16. The van der Waals surface area contributed by atoms with E-state index in [1.165, 1.54) is 5.69 Å². The molecule has 0 spiro atoms. The Bertz CT molecular complexity index is 484. The quantitative estimate of drug-likeness (QED) is 0.870. The summed E-state index contributed by atoms with van der Waals surface area (Å²) in [5.74, 6) is 0. The molecule has 1 aromatic heterocycles. The second kappa shape index (κ2) is 4.59. The molecule has 2 N–H and O–H groups in total. The first-order valence-electron chi connectivity index (χ1n) is 5.60. The van der Waals surface area contributed by atoms with E-state index in [-0.39, 0.29) is 6.04 Å². The minimum Gasteiger partial charge on any atom is -0.378 e. The molecule has 2 rings (SSSR count). The molecule has 0 amide bonds. The van der Waals surface area contributed by atoms with E-state index >= 15 is 0 Å². The lowest BCUT2D eigenvalue weighted by molar-refractivity contribution is 0.673. The molecule has 0 saturated carbocycles. The number of aryl methyl sites for hydroxylation is 1. The number of anilines is 1. The van der Waals surface area contributed by atoms with Crippen LogP contribution in [-0.4, -0.2) is 23.9 Å². The molecule has 4 heteroatoms. The molecule has 0 aliphatic heterocycles. The summed E-state index contributed by atoms with van der Waals surface area (Å²) in [5, 5.41) is 4.14. The third kappa shape index (κ3) is 2.31. The van der Waals surface area contributed by atoms with Crippen LogP contribution in [0.2, 0.25) is 0 Å². The Hall–Kier alpha value is -1.81. The topological polar surface area (TPSA) is 47.1 Å². The Morgan fingerprint density at radius 1 is 1.18 bits per heavy atom. The first-order chi connectivity index (χ1) is 8.09. The van der Waals surface area contributed by atoms with Crippen molar-refractivity contribution in [1.29, 1.82) is 0 Å². The van der Waals surface area contributed by atoms with Crippen molar-refractivity contribution in [3.8, 4) is 0 Å². The van der Waals surface area contributed by atoms with Crippen LogP contribution < -0.4 is 10.6 Å². The van der Waals surface area contributed by atoms with Crippen LogP contribution in [0.5, 0.6) is 0 Å². The average Bonchev–Trinajstić information content (AvgIpc) is 2.74. The maximum Gasteiger partial charge on any atom is 0.0723 e. The van der Waals surface area contributed by atoms with Crippen molar-refractivity contribution >= 4 is 5.69 Å². The number of nitrogens with two attached hydrogens (primary N) is 1. The summed E-state index contributed by atoms with van der Waals surface area (Å²) >= 11 is 0. The lowest BCUT2D eigenvalue weighted by atomic mass is 10.0. The standard InChI is InChI=1S/C13H18N4/c1-16(2)11-6-4-10(5-7-11)13(14)12-8-9-15-17(12)3/h4-9,13H,14H2,1-3H3. The highest BCUT2D eigenvalue weighted by Gasteiger charge is 2.12. The van der Waals surface area contributed by atoms with E-state index in [0.717, 1.165) is 11.3 Å². The molecule has 1 atom stereocenters. The van der Waals surface area contributed by atoms with Gasteiger partial charge in [0.1, 0.15) is 0 Å². The fraction of sp³-hybridized carbons (Fsp3) is 0.308. The number of benzene rings is 1. The highest BCUT2D eigenvalue weighted by Crippen LogP contribution is 2.21. The van der Waals surface area contributed by atoms with Crippen molar-refractivity contribution in [2.45, 2.75) is 6.04 Å². The molecular weight excluding hydrogens is 212 g/mol. The molecule has 1 aromatic carbocycles. The molecule has 0 fully saturated rings. The van der Waals surface area contributed by atoms with E-state index in [2.05, 4.69) is 34.3 Å². The summed E-state index contributed by atoms with van der Waals surface area (Å²) < 4.78 is 1.81. The van der Waals surface area contributed by atoms with Crippen molar-refractivity contribution in [2.24, 2.45) is 12.8 Å². The number of aromatic nitrogens is 2. The zero-order chi connectivity index (χ0) is 12.4. The van der Waals surface area contributed by atoms with E-state index in [0.29, 0.717) is 0 Å². The zero-order valence-electron chi connectivity index (χ0n) is 10.5. The SMILES string of the molecule is CN(C)c1ccc(C(N)c2ccnn2C)cc1. The second-order valence-corrected chi connectivity index (χ2v) is 4.34. The minimum atomic E-state index is -0.126. The van der Waals surface area contributed by atoms with Gasteiger partial charge in [-0.05, 0) is 23.8 Å². The van der Waals surface area contributed by atoms with Gasteiger partial charge >= 0.3 is 0 Å². The molecule has 0 aliphatic rings. The van der Waals surface area contributed by atoms with Crippen molar-refractivity contribution < 1.29 is 0 Å². The predicted molar refractivity (Wildman–Crippen MR) is 70.0 cm³/mol. The van der Waals surface area contributed by atoms with Crippen molar-refractivity contribution in [2.75, 3.05) is 19.0 Å². The van der Waals surface area contributed by atoms with Crippen LogP contribution in [0.3, 0.4) is 0 Å². The van der Waals surface area contributed by atoms with Crippen LogP contribution in [0.25, 0.3) is 0 Å². The van der Waals surface area contributed by atoms with Crippen LogP contribution in [0.15, 0.2) is 36.5 Å². The van der Waals surface area contributed by atoms with Gasteiger partial charge in [0, 0.05) is 33.0 Å². The van der Waals surface area contributed by atoms with Gasteiger partial charge in [0.15, 0.2) is 0 Å². The maximum atomic E-state index is 6.21. The van der Waals surface area contributed by atoms with E-state index in [4.69, 9.17) is 5.73 Å². The average molecular weight is 230 g/mol. The molecule has 0 saturated heterocycles. The highest BCUT2D eigenvalue weighted by atomic mass is 15.3. The van der Waals surface area contributed by atoms with Crippen molar-refractivity contribution in [1.82, 2.24) is 9.78 Å². The highest BCUT2D eigenvalue weighted by molar-refractivity contribution is 5.47. The van der Waals surface area contributed by atoms with Crippen molar-refractivity contribution in [3.05, 3.63) is 47.8 Å². The van der Waals surface area contributed by atoms with Gasteiger partial charge in [0.25, 0.3) is 0 Å². The van der Waals surface area contributed by atoms with E-state index < -0.39 is 0 Å². The molecule has 2 aromatic rings. The van der Waals surface area contributed by atoms with Gasteiger partial charge in [-0.1, -0.05) is 12.1 Å². The molecule has 90 valence electrons. The Morgan fingerprint density at radius 3 is 2.29 bits per heavy atom. The fourth-order valence-electron chi connectivity index (χ4n) is 1.84.